The molecule has 0 saturated carbocycles. The maximum atomic E-state index is 12.3. The third kappa shape index (κ3) is 3.07. The second-order valence-electron chi connectivity index (χ2n) is 5.21. The quantitative estimate of drug-likeness (QED) is 0.944. The van der Waals surface area contributed by atoms with E-state index in [9.17, 15) is 9.59 Å². The van der Waals surface area contributed by atoms with Gasteiger partial charge in [0.25, 0.3) is 5.56 Å². The smallest absolute Gasteiger partial charge is 0.269 e. The molecule has 2 aromatic rings. The van der Waals surface area contributed by atoms with Gasteiger partial charge in [-0.1, -0.05) is 18.2 Å². The minimum atomic E-state index is -0.431. The Hall–Kier alpha value is -2.87. The predicted molar refractivity (Wildman–Crippen MR) is 84.7 cm³/mol. The summed E-state index contributed by atoms with van der Waals surface area (Å²) in [5.74, 6) is -0.299. The summed E-state index contributed by atoms with van der Waals surface area (Å²) >= 11 is 0. The molecule has 0 bridgehead atoms. The van der Waals surface area contributed by atoms with Crippen LogP contribution >= 0.6 is 0 Å². The molecule has 1 aromatic heterocycles. The third-order valence-electron chi connectivity index (χ3n) is 3.54. The number of pyridine rings is 1. The van der Waals surface area contributed by atoms with Crippen LogP contribution in [-0.2, 0) is 11.3 Å². The molecule has 1 aromatic carbocycles. The highest BCUT2D eigenvalue weighted by atomic mass is 16.2. The first-order chi connectivity index (χ1) is 10.4. The molecule has 5 heteroatoms. The number of hydrogen-bond acceptors (Lipinski definition) is 3. The molecule has 22 heavy (non-hydrogen) atoms. The second kappa shape index (κ2) is 6.27. The molecule has 1 amide bonds. The molecule has 5 nitrogen and oxygen atoms in total. The molecule has 1 N–H and O–H groups in total. The van der Waals surface area contributed by atoms with Crippen LogP contribution in [0.1, 0.15) is 22.4 Å². The second-order valence-corrected chi connectivity index (χ2v) is 5.21. The van der Waals surface area contributed by atoms with E-state index in [1.54, 1.807) is 26.0 Å². The number of rotatable bonds is 3. The van der Waals surface area contributed by atoms with Crippen LogP contribution in [0.2, 0.25) is 0 Å². The summed E-state index contributed by atoms with van der Waals surface area (Å²) in [5.41, 5.74) is 2.59. The molecule has 0 fully saturated rings. The van der Waals surface area contributed by atoms with E-state index in [0.717, 1.165) is 5.56 Å². The summed E-state index contributed by atoms with van der Waals surface area (Å²) in [6.45, 7) is 5.24. The Bertz CT molecular complexity index is 829. The van der Waals surface area contributed by atoms with E-state index in [1.807, 2.05) is 31.2 Å². The van der Waals surface area contributed by atoms with E-state index in [4.69, 9.17) is 5.26 Å². The largest absolute Gasteiger partial charge is 0.324 e. The Kier molecular flexibility index (Phi) is 4.42. The van der Waals surface area contributed by atoms with E-state index in [-0.39, 0.29) is 18.0 Å². The van der Waals surface area contributed by atoms with Gasteiger partial charge < -0.3 is 9.88 Å². The van der Waals surface area contributed by atoms with Gasteiger partial charge in [0.2, 0.25) is 5.91 Å². The number of carbonyl (C=O) groups excluding carboxylic acids is 1. The van der Waals surface area contributed by atoms with Crippen molar-refractivity contribution in [2.45, 2.75) is 27.3 Å². The highest BCUT2D eigenvalue weighted by Crippen LogP contribution is 2.13. The Morgan fingerprint density at radius 1 is 1.23 bits per heavy atom. The minimum absolute atomic E-state index is 0.0780. The van der Waals surface area contributed by atoms with E-state index in [0.29, 0.717) is 16.9 Å². The number of hydrogen-bond donors (Lipinski definition) is 1. The van der Waals surface area contributed by atoms with Crippen LogP contribution in [0.15, 0.2) is 35.1 Å². The minimum Gasteiger partial charge on any atom is -0.324 e. The Morgan fingerprint density at radius 3 is 2.55 bits per heavy atom. The predicted octanol–water partition coefficient (Wildman–Crippen LogP) is 2.28. The molecule has 0 saturated heterocycles. The summed E-state index contributed by atoms with van der Waals surface area (Å²) in [4.78, 5) is 24.4. The van der Waals surface area contributed by atoms with Crippen LogP contribution in [0.4, 0.5) is 5.69 Å². The number of benzene rings is 1. The molecule has 0 aliphatic rings. The lowest BCUT2D eigenvalue weighted by Crippen LogP contribution is -2.31. The number of amides is 1. The number of para-hydroxylation sites is 1. The van der Waals surface area contributed by atoms with Gasteiger partial charge in [0.15, 0.2) is 0 Å². The third-order valence-corrected chi connectivity index (χ3v) is 3.54. The summed E-state index contributed by atoms with van der Waals surface area (Å²) in [7, 11) is 0. The molecule has 1 heterocycles. The van der Waals surface area contributed by atoms with Gasteiger partial charge in [-0.25, -0.2) is 0 Å². The molecule has 0 spiro atoms. The van der Waals surface area contributed by atoms with Gasteiger partial charge in [0.05, 0.1) is 0 Å². The first-order valence-electron chi connectivity index (χ1n) is 6.90. The summed E-state index contributed by atoms with van der Waals surface area (Å²) in [6.07, 6.45) is 0. The zero-order valence-electron chi connectivity index (χ0n) is 12.8. The average molecular weight is 295 g/mol. The fourth-order valence-electron chi connectivity index (χ4n) is 2.31. The summed E-state index contributed by atoms with van der Waals surface area (Å²) < 4.78 is 1.32. The van der Waals surface area contributed by atoms with Gasteiger partial charge in [-0.15, -0.1) is 0 Å². The fourth-order valence-corrected chi connectivity index (χ4v) is 2.31. The number of aromatic nitrogens is 1. The topological polar surface area (TPSA) is 74.9 Å². The maximum Gasteiger partial charge on any atom is 0.269 e. The van der Waals surface area contributed by atoms with Crippen molar-refractivity contribution in [1.29, 1.82) is 5.26 Å². The molecule has 0 aliphatic heterocycles. The molecule has 0 aliphatic carbocycles. The zero-order valence-corrected chi connectivity index (χ0v) is 12.8. The van der Waals surface area contributed by atoms with Crippen LogP contribution in [0.5, 0.6) is 0 Å². The molecule has 0 atom stereocenters. The maximum absolute atomic E-state index is 12.3. The van der Waals surface area contributed by atoms with Crippen molar-refractivity contribution in [1.82, 2.24) is 4.57 Å². The van der Waals surface area contributed by atoms with Crippen molar-refractivity contribution in [3.8, 4) is 6.07 Å². The lowest BCUT2D eigenvalue weighted by Gasteiger charge is -2.13. The number of aryl methyl sites for hydroxylation is 3. The van der Waals surface area contributed by atoms with Gasteiger partial charge in [0, 0.05) is 11.4 Å². The molecular weight excluding hydrogens is 278 g/mol. The highest BCUT2D eigenvalue weighted by molar-refractivity contribution is 5.91. The molecule has 2 rings (SSSR count). The lowest BCUT2D eigenvalue weighted by molar-refractivity contribution is -0.116. The number of nitriles is 1. The number of nitrogens with one attached hydrogen (secondary N) is 1. The zero-order chi connectivity index (χ0) is 16.3. The van der Waals surface area contributed by atoms with Crippen molar-refractivity contribution >= 4 is 11.6 Å². The fraction of sp³-hybridized carbons (Fsp3) is 0.235. The number of anilines is 1. The molecule has 0 unspecified atom stereocenters. The molecular formula is C17H17N3O2. The van der Waals surface area contributed by atoms with Crippen LogP contribution in [-0.4, -0.2) is 10.5 Å². The van der Waals surface area contributed by atoms with Gasteiger partial charge >= 0.3 is 0 Å². The normalized spacial score (nSPS) is 10.1. The van der Waals surface area contributed by atoms with Crippen LogP contribution in [0.25, 0.3) is 0 Å². The summed E-state index contributed by atoms with van der Waals surface area (Å²) in [6, 6.07) is 11.1. The van der Waals surface area contributed by atoms with E-state index in [2.05, 4.69) is 5.32 Å². The van der Waals surface area contributed by atoms with Crippen molar-refractivity contribution in [2.24, 2.45) is 0 Å². The average Bonchev–Trinajstić information content (AvgIpc) is 2.46. The van der Waals surface area contributed by atoms with Gasteiger partial charge in [-0.3, -0.25) is 9.59 Å². The van der Waals surface area contributed by atoms with Gasteiger partial charge in [-0.2, -0.15) is 5.26 Å². The lowest BCUT2D eigenvalue weighted by atomic mass is 10.1. The standard InChI is InChI=1S/C17H17N3O2/c1-11-6-4-5-7-15(11)19-16(21)10-20-13(3)8-12(2)14(9-18)17(20)22/h4-8H,10H2,1-3H3,(H,19,21). The Labute approximate surface area is 128 Å². The van der Waals surface area contributed by atoms with E-state index >= 15 is 0 Å². The first-order valence-corrected chi connectivity index (χ1v) is 6.90. The number of carbonyl (C=O) groups is 1. The Balaban J connectivity index is 2.29. The molecule has 112 valence electrons. The first kappa shape index (κ1) is 15.5. The van der Waals surface area contributed by atoms with Crippen LogP contribution in [0, 0.1) is 32.1 Å². The van der Waals surface area contributed by atoms with Crippen molar-refractivity contribution in [3.63, 3.8) is 0 Å². The van der Waals surface area contributed by atoms with Crippen molar-refractivity contribution in [2.75, 3.05) is 5.32 Å². The SMILES string of the molecule is Cc1ccccc1NC(=O)Cn1c(C)cc(C)c(C#N)c1=O. The van der Waals surface area contributed by atoms with Crippen LogP contribution in [0.3, 0.4) is 0 Å². The summed E-state index contributed by atoms with van der Waals surface area (Å²) in [5, 5.41) is 11.8. The monoisotopic (exact) mass is 295 g/mol. The van der Waals surface area contributed by atoms with Crippen molar-refractivity contribution in [3.05, 3.63) is 63.1 Å². The van der Waals surface area contributed by atoms with Gasteiger partial charge in [0.1, 0.15) is 18.2 Å². The highest BCUT2D eigenvalue weighted by Gasteiger charge is 2.13. The van der Waals surface area contributed by atoms with E-state index < -0.39 is 5.56 Å². The van der Waals surface area contributed by atoms with Crippen molar-refractivity contribution < 1.29 is 4.79 Å². The van der Waals surface area contributed by atoms with Crippen LogP contribution < -0.4 is 10.9 Å². The number of nitrogens with zero attached hydrogens (tertiary/aromatic N) is 2. The molecule has 0 radical (unpaired) electrons. The Morgan fingerprint density at radius 2 is 1.91 bits per heavy atom. The van der Waals surface area contributed by atoms with E-state index in [1.165, 1.54) is 4.57 Å². The van der Waals surface area contributed by atoms with Gasteiger partial charge in [-0.05, 0) is 44.0 Å².